The second kappa shape index (κ2) is 5.05. The summed E-state index contributed by atoms with van der Waals surface area (Å²) in [7, 11) is 1.74. The molecule has 0 amide bonds. The molecule has 0 atom stereocenters. The number of anilines is 1. The van der Waals surface area contributed by atoms with Crippen LogP contribution in [0.15, 0.2) is 24.3 Å². The third kappa shape index (κ3) is 2.30. The number of benzene rings is 1. The zero-order valence-corrected chi connectivity index (χ0v) is 11.4. The lowest BCUT2D eigenvalue weighted by molar-refractivity contribution is 0.626. The average molecular weight is 292 g/mol. The van der Waals surface area contributed by atoms with Crippen LogP contribution in [0.3, 0.4) is 0 Å². The van der Waals surface area contributed by atoms with Crippen molar-refractivity contribution in [2.45, 2.75) is 6.42 Å². The number of nitrogens with one attached hydrogen (secondary N) is 2. The summed E-state index contributed by atoms with van der Waals surface area (Å²) in [5.41, 5.74) is 2.85. The summed E-state index contributed by atoms with van der Waals surface area (Å²) in [6, 6.07) is 6.41. The average Bonchev–Trinajstić information content (AvgIpc) is 2.81. The number of hydrogen-bond donors (Lipinski definition) is 2. The first-order chi connectivity index (χ1) is 9.67. The molecule has 1 aromatic carbocycles. The van der Waals surface area contributed by atoms with Crippen molar-refractivity contribution in [3.8, 4) is 0 Å². The van der Waals surface area contributed by atoms with Gasteiger partial charge < -0.3 is 5.32 Å². The number of halogens is 2. The Morgan fingerprint density at radius 3 is 2.90 bits per heavy atom. The molecule has 7 heteroatoms. The van der Waals surface area contributed by atoms with E-state index in [4.69, 9.17) is 11.6 Å². The topological polar surface area (TPSA) is 66.5 Å². The van der Waals surface area contributed by atoms with E-state index in [1.54, 1.807) is 13.1 Å². The number of fused-ring (bicyclic) bond motifs is 1. The molecular weight excluding hydrogens is 281 g/mol. The van der Waals surface area contributed by atoms with E-state index in [0.29, 0.717) is 23.3 Å². The Bertz CT molecular complexity index is 771. The fourth-order valence-corrected chi connectivity index (χ4v) is 2.24. The van der Waals surface area contributed by atoms with Gasteiger partial charge >= 0.3 is 0 Å². The molecule has 3 aromatic rings. The first-order valence-corrected chi connectivity index (χ1v) is 6.38. The van der Waals surface area contributed by atoms with Gasteiger partial charge in [0.1, 0.15) is 11.3 Å². The number of rotatable bonds is 3. The van der Waals surface area contributed by atoms with Gasteiger partial charge in [0.15, 0.2) is 11.3 Å². The molecular formula is C13H11ClFN5. The van der Waals surface area contributed by atoms with Gasteiger partial charge in [-0.3, -0.25) is 5.10 Å². The summed E-state index contributed by atoms with van der Waals surface area (Å²) in [6.45, 7) is 0. The van der Waals surface area contributed by atoms with Crippen molar-refractivity contribution in [1.82, 2.24) is 20.2 Å². The molecule has 0 aliphatic carbocycles. The van der Waals surface area contributed by atoms with Crippen LogP contribution in [0.4, 0.5) is 10.2 Å². The summed E-state index contributed by atoms with van der Waals surface area (Å²) >= 11 is 5.90. The smallest absolute Gasteiger partial charge is 0.225 e. The van der Waals surface area contributed by atoms with Crippen LogP contribution in [0.2, 0.25) is 5.28 Å². The molecule has 3 rings (SSSR count). The van der Waals surface area contributed by atoms with Gasteiger partial charge in [0.05, 0.1) is 5.69 Å². The van der Waals surface area contributed by atoms with E-state index >= 15 is 0 Å². The zero-order chi connectivity index (χ0) is 14.1. The predicted octanol–water partition coefficient (Wildman–Crippen LogP) is 2.78. The van der Waals surface area contributed by atoms with E-state index in [-0.39, 0.29) is 11.1 Å². The minimum atomic E-state index is -0.269. The summed E-state index contributed by atoms with van der Waals surface area (Å²) in [4.78, 5) is 8.24. The minimum absolute atomic E-state index is 0.142. The third-order valence-electron chi connectivity index (χ3n) is 2.95. The largest absolute Gasteiger partial charge is 0.371 e. The van der Waals surface area contributed by atoms with Crippen LogP contribution < -0.4 is 5.32 Å². The van der Waals surface area contributed by atoms with Crippen molar-refractivity contribution in [2.75, 3.05) is 12.4 Å². The second-order valence-corrected chi connectivity index (χ2v) is 4.64. The molecule has 102 valence electrons. The lowest BCUT2D eigenvalue weighted by Gasteiger charge is -2.02. The highest BCUT2D eigenvalue weighted by Crippen LogP contribution is 2.23. The predicted molar refractivity (Wildman–Crippen MR) is 75.4 cm³/mol. The normalized spacial score (nSPS) is 10.9. The maximum absolute atomic E-state index is 13.2. The third-order valence-corrected chi connectivity index (χ3v) is 3.12. The number of aromatic nitrogens is 4. The second-order valence-electron chi connectivity index (χ2n) is 4.30. The molecule has 20 heavy (non-hydrogen) atoms. The maximum atomic E-state index is 13.2. The summed E-state index contributed by atoms with van der Waals surface area (Å²) in [5.74, 6) is 0.289. The van der Waals surface area contributed by atoms with Crippen LogP contribution in [0.25, 0.3) is 11.0 Å². The highest BCUT2D eigenvalue weighted by atomic mass is 35.5. The Hall–Kier alpha value is -2.21. The Balaban J connectivity index is 2.06. The molecule has 0 fully saturated rings. The molecule has 2 heterocycles. The number of H-pyrrole nitrogens is 1. The van der Waals surface area contributed by atoms with Crippen LogP contribution in [0.1, 0.15) is 11.3 Å². The van der Waals surface area contributed by atoms with Gasteiger partial charge in [-0.1, -0.05) is 12.1 Å². The van der Waals surface area contributed by atoms with Gasteiger partial charge in [0.2, 0.25) is 5.28 Å². The van der Waals surface area contributed by atoms with Gasteiger partial charge in [-0.25, -0.2) is 9.37 Å². The van der Waals surface area contributed by atoms with Crippen molar-refractivity contribution in [3.63, 3.8) is 0 Å². The summed E-state index contributed by atoms with van der Waals surface area (Å²) < 4.78 is 13.2. The molecule has 0 aliphatic heterocycles. The van der Waals surface area contributed by atoms with Gasteiger partial charge in [-0.2, -0.15) is 10.1 Å². The fraction of sp³-hybridized carbons (Fsp3) is 0.154. The molecule has 2 N–H and O–H groups in total. The SMILES string of the molecule is CNc1nc(Cl)nc2c(Cc3cccc(F)c3)[nH]nc12. The molecule has 0 radical (unpaired) electrons. The standard InChI is InChI=1S/C13H11ClFN5/c1-16-12-11-10(17-13(14)18-12)9(19-20-11)6-7-3-2-4-8(15)5-7/h2-5H,6H2,1H3,(H,19,20)(H,16,17,18). The first-order valence-electron chi connectivity index (χ1n) is 6.00. The molecule has 0 spiro atoms. The number of nitrogens with zero attached hydrogens (tertiary/aromatic N) is 3. The van der Waals surface area contributed by atoms with Crippen molar-refractivity contribution in [1.29, 1.82) is 0 Å². The summed E-state index contributed by atoms with van der Waals surface area (Å²) in [5, 5.41) is 10.2. The monoisotopic (exact) mass is 291 g/mol. The minimum Gasteiger partial charge on any atom is -0.371 e. The molecule has 5 nitrogen and oxygen atoms in total. The first kappa shape index (κ1) is 12.8. The highest BCUT2D eigenvalue weighted by Gasteiger charge is 2.13. The van der Waals surface area contributed by atoms with Gasteiger partial charge in [0, 0.05) is 13.5 Å². The van der Waals surface area contributed by atoms with Crippen molar-refractivity contribution >= 4 is 28.5 Å². The zero-order valence-electron chi connectivity index (χ0n) is 10.6. The molecule has 0 unspecified atom stereocenters. The van der Waals surface area contributed by atoms with Gasteiger partial charge in [-0.15, -0.1) is 0 Å². The van der Waals surface area contributed by atoms with Crippen LogP contribution in [0.5, 0.6) is 0 Å². The van der Waals surface area contributed by atoms with Crippen LogP contribution >= 0.6 is 11.6 Å². The van der Waals surface area contributed by atoms with E-state index in [9.17, 15) is 4.39 Å². The maximum Gasteiger partial charge on any atom is 0.225 e. The van der Waals surface area contributed by atoms with Gasteiger partial charge in [0.25, 0.3) is 0 Å². The Labute approximate surface area is 119 Å². The van der Waals surface area contributed by atoms with E-state index in [2.05, 4.69) is 25.5 Å². The number of aromatic amines is 1. The lowest BCUT2D eigenvalue weighted by atomic mass is 10.1. The molecule has 0 saturated carbocycles. The highest BCUT2D eigenvalue weighted by molar-refractivity contribution is 6.28. The molecule has 0 aliphatic rings. The van der Waals surface area contributed by atoms with Crippen molar-refractivity contribution in [3.05, 3.63) is 46.6 Å². The molecule has 2 aromatic heterocycles. The van der Waals surface area contributed by atoms with E-state index in [1.807, 2.05) is 6.07 Å². The van der Waals surface area contributed by atoms with E-state index in [1.165, 1.54) is 12.1 Å². The number of hydrogen-bond acceptors (Lipinski definition) is 4. The fourth-order valence-electron chi connectivity index (χ4n) is 2.07. The van der Waals surface area contributed by atoms with E-state index < -0.39 is 0 Å². The quantitative estimate of drug-likeness (QED) is 0.728. The van der Waals surface area contributed by atoms with E-state index in [0.717, 1.165) is 11.3 Å². The van der Waals surface area contributed by atoms with Gasteiger partial charge in [-0.05, 0) is 29.3 Å². The van der Waals surface area contributed by atoms with Crippen LogP contribution in [-0.4, -0.2) is 27.2 Å². The Morgan fingerprint density at radius 2 is 2.15 bits per heavy atom. The van der Waals surface area contributed by atoms with Crippen molar-refractivity contribution < 1.29 is 4.39 Å². The Kier molecular flexibility index (Phi) is 3.23. The Morgan fingerprint density at radius 1 is 1.30 bits per heavy atom. The lowest BCUT2D eigenvalue weighted by Crippen LogP contribution is -1.96. The van der Waals surface area contributed by atoms with Crippen LogP contribution in [0, 0.1) is 5.82 Å². The van der Waals surface area contributed by atoms with Crippen LogP contribution in [-0.2, 0) is 6.42 Å². The molecule has 0 saturated heterocycles. The van der Waals surface area contributed by atoms with Crippen molar-refractivity contribution in [2.24, 2.45) is 0 Å². The molecule has 0 bridgehead atoms. The summed E-state index contributed by atoms with van der Waals surface area (Å²) in [6.07, 6.45) is 0.491.